The number of alkyl carbamates (subject to hydrolysis) is 1. The molecule has 0 spiro atoms. The zero-order valence-corrected chi connectivity index (χ0v) is 18.6. The van der Waals surface area contributed by atoms with Crippen LogP contribution < -0.4 is 10.6 Å². The molecule has 0 atom stereocenters. The molecule has 0 aliphatic rings. The van der Waals surface area contributed by atoms with Crippen LogP contribution in [0.2, 0.25) is 0 Å². The van der Waals surface area contributed by atoms with E-state index in [1.165, 1.54) is 6.33 Å². The van der Waals surface area contributed by atoms with Gasteiger partial charge in [0.2, 0.25) is 5.95 Å². The molecule has 0 saturated heterocycles. The van der Waals surface area contributed by atoms with Gasteiger partial charge in [-0.3, -0.25) is 0 Å². The first kappa shape index (κ1) is 23.1. The van der Waals surface area contributed by atoms with Crippen LogP contribution in [0.4, 0.5) is 16.4 Å². The Morgan fingerprint density at radius 1 is 1.09 bits per heavy atom. The average molecular weight is 436 g/mol. The number of anilines is 2. The van der Waals surface area contributed by atoms with Crippen molar-refractivity contribution in [1.29, 1.82) is 0 Å². The van der Waals surface area contributed by atoms with Gasteiger partial charge in [-0.25, -0.2) is 14.8 Å². The fourth-order valence-electron chi connectivity index (χ4n) is 3.04. The fourth-order valence-corrected chi connectivity index (χ4v) is 3.04. The molecule has 0 saturated carbocycles. The van der Waals surface area contributed by atoms with Crippen molar-refractivity contribution >= 4 is 17.7 Å². The number of aliphatic hydroxyl groups is 1. The normalized spacial score (nSPS) is 11.1. The van der Waals surface area contributed by atoms with Gasteiger partial charge in [0.15, 0.2) is 5.82 Å². The number of carbonyl (C=O) groups excluding carboxylic acids is 1. The lowest BCUT2D eigenvalue weighted by Gasteiger charge is -2.20. The highest BCUT2D eigenvalue weighted by atomic mass is 16.6. The van der Waals surface area contributed by atoms with Crippen molar-refractivity contribution < 1.29 is 14.6 Å². The van der Waals surface area contributed by atoms with Gasteiger partial charge in [-0.15, -0.1) is 0 Å². The Hall–Kier alpha value is -3.52. The summed E-state index contributed by atoms with van der Waals surface area (Å²) in [4.78, 5) is 25.1. The second-order valence-corrected chi connectivity index (χ2v) is 8.30. The molecule has 0 aliphatic carbocycles. The number of ether oxygens (including phenoxy) is 1. The number of carbonyl (C=O) groups is 1. The third kappa shape index (κ3) is 7.02. The molecule has 32 heavy (non-hydrogen) atoms. The van der Waals surface area contributed by atoms with Gasteiger partial charge in [0.05, 0.1) is 0 Å². The van der Waals surface area contributed by atoms with E-state index in [1.54, 1.807) is 0 Å². The predicted octanol–water partition coefficient (Wildman–Crippen LogP) is 4.23. The van der Waals surface area contributed by atoms with Crippen molar-refractivity contribution in [2.45, 2.75) is 45.8 Å². The van der Waals surface area contributed by atoms with Gasteiger partial charge in [0.25, 0.3) is 0 Å². The summed E-state index contributed by atoms with van der Waals surface area (Å²) in [5, 5.41) is 15.0. The summed E-state index contributed by atoms with van der Waals surface area (Å²) in [6.07, 6.45) is 2.49. The molecular formula is C24H29N5O3. The number of benzene rings is 2. The zero-order chi connectivity index (χ0) is 23.0. The average Bonchev–Trinajstić information content (AvgIpc) is 2.76. The number of aliphatic hydroxyl groups excluding tert-OH is 1. The number of nitrogens with zero attached hydrogens (tertiary/aromatic N) is 3. The maximum absolute atomic E-state index is 12.0. The number of aromatic nitrogens is 3. The van der Waals surface area contributed by atoms with E-state index in [0.717, 1.165) is 28.8 Å². The quantitative estimate of drug-likeness (QED) is 0.486. The van der Waals surface area contributed by atoms with Gasteiger partial charge >= 0.3 is 6.09 Å². The summed E-state index contributed by atoms with van der Waals surface area (Å²) >= 11 is 0. The van der Waals surface area contributed by atoms with E-state index in [9.17, 15) is 4.79 Å². The molecule has 8 heteroatoms. The number of para-hydroxylation sites is 1. The molecule has 0 fully saturated rings. The summed E-state index contributed by atoms with van der Waals surface area (Å²) in [5.41, 5.74) is 3.08. The molecule has 0 aliphatic heterocycles. The Morgan fingerprint density at radius 2 is 1.91 bits per heavy atom. The minimum Gasteiger partial charge on any atom is -0.444 e. The van der Waals surface area contributed by atoms with Crippen LogP contribution in [-0.4, -0.2) is 38.4 Å². The number of hydrogen-bond acceptors (Lipinski definition) is 7. The first-order valence-electron chi connectivity index (χ1n) is 10.5. The number of amides is 1. The van der Waals surface area contributed by atoms with Crippen LogP contribution in [0.25, 0.3) is 11.4 Å². The second kappa shape index (κ2) is 10.7. The summed E-state index contributed by atoms with van der Waals surface area (Å²) in [5.74, 6) is 0.957. The summed E-state index contributed by atoms with van der Waals surface area (Å²) in [6, 6.07) is 15.5. The highest BCUT2D eigenvalue weighted by Gasteiger charge is 2.16. The van der Waals surface area contributed by atoms with E-state index in [2.05, 4.69) is 25.6 Å². The van der Waals surface area contributed by atoms with Crippen molar-refractivity contribution in [2.75, 3.05) is 11.9 Å². The third-order valence-electron chi connectivity index (χ3n) is 4.47. The molecule has 3 N–H and O–H groups in total. The predicted molar refractivity (Wildman–Crippen MR) is 123 cm³/mol. The van der Waals surface area contributed by atoms with Crippen molar-refractivity contribution in [2.24, 2.45) is 0 Å². The van der Waals surface area contributed by atoms with Gasteiger partial charge in [-0.2, -0.15) is 4.98 Å². The first-order valence-corrected chi connectivity index (χ1v) is 10.5. The topological polar surface area (TPSA) is 109 Å². The van der Waals surface area contributed by atoms with Crippen LogP contribution in [0.1, 0.15) is 38.3 Å². The lowest BCUT2D eigenvalue weighted by Crippen LogP contribution is -2.32. The zero-order valence-electron chi connectivity index (χ0n) is 18.6. The van der Waals surface area contributed by atoms with Gasteiger partial charge in [0, 0.05) is 24.4 Å². The monoisotopic (exact) mass is 435 g/mol. The molecule has 2 aromatic carbocycles. The molecule has 3 aromatic rings. The Labute approximate surface area is 188 Å². The fraction of sp³-hybridized carbons (Fsp3) is 0.333. The van der Waals surface area contributed by atoms with Crippen molar-refractivity contribution in [3.05, 3.63) is 66.0 Å². The van der Waals surface area contributed by atoms with Crippen LogP contribution >= 0.6 is 0 Å². The van der Waals surface area contributed by atoms with E-state index >= 15 is 0 Å². The molecule has 1 heterocycles. The molecular weight excluding hydrogens is 406 g/mol. The highest BCUT2D eigenvalue weighted by Crippen LogP contribution is 2.21. The maximum Gasteiger partial charge on any atom is 0.407 e. The largest absolute Gasteiger partial charge is 0.444 e. The number of aryl methyl sites for hydroxylation is 1. The number of nitrogens with one attached hydrogen (secondary N) is 2. The number of hydrogen-bond donors (Lipinski definition) is 3. The smallest absolute Gasteiger partial charge is 0.407 e. The van der Waals surface area contributed by atoms with Crippen molar-refractivity contribution in [3.8, 4) is 11.4 Å². The van der Waals surface area contributed by atoms with Crippen LogP contribution in [0, 0.1) is 0 Å². The van der Waals surface area contributed by atoms with Crippen LogP contribution in [0.3, 0.4) is 0 Å². The Bertz CT molecular complexity index is 1050. The van der Waals surface area contributed by atoms with Crippen molar-refractivity contribution in [3.63, 3.8) is 0 Å². The molecule has 168 valence electrons. The summed E-state index contributed by atoms with van der Waals surface area (Å²) in [6.45, 7) is 5.92. The first-order chi connectivity index (χ1) is 15.3. The van der Waals surface area contributed by atoms with Gasteiger partial charge in [-0.1, -0.05) is 36.4 Å². The standard InChI is InChI=1S/C24H29N5O3/c1-24(2,3)32-23(31)25-15-19-10-4-5-12-20(19)28-22-27-16-26-21(29-22)18-11-6-8-17(14-18)9-7-13-30/h4-6,8,10-12,14,16,30H,7,9,13,15H2,1-3H3,(H,25,31)(H,26,27,28,29). The van der Waals surface area contributed by atoms with Crippen LogP contribution in [-0.2, 0) is 17.7 Å². The van der Waals surface area contributed by atoms with E-state index in [4.69, 9.17) is 9.84 Å². The second-order valence-electron chi connectivity index (χ2n) is 8.30. The molecule has 8 nitrogen and oxygen atoms in total. The van der Waals surface area contributed by atoms with Crippen LogP contribution in [0.15, 0.2) is 54.9 Å². The van der Waals surface area contributed by atoms with E-state index in [1.807, 2.05) is 69.3 Å². The lowest BCUT2D eigenvalue weighted by molar-refractivity contribution is 0.0523. The Balaban J connectivity index is 1.73. The Morgan fingerprint density at radius 3 is 2.69 bits per heavy atom. The minimum atomic E-state index is -0.557. The van der Waals surface area contributed by atoms with Crippen molar-refractivity contribution in [1.82, 2.24) is 20.3 Å². The van der Waals surface area contributed by atoms with E-state index < -0.39 is 11.7 Å². The highest BCUT2D eigenvalue weighted by molar-refractivity contribution is 5.68. The molecule has 0 radical (unpaired) electrons. The summed E-state index contributed by atoms with van der Waals surface area (Å²) in [7, 11) is 0. The SMILES string of the molecule is CC(C)(C)OC(=O)NCc1ccccc1Nc1ncnc(-c2cccc(CCCO)c2)n1. The maximum atomic E-state index is 12.0. The van der Waals surface area contributed by atoms with Gasteiger partial charge in [0.1, 0.15) is 11.9 Å². The molecule has 0 bridgehead atoms. The lowest BCUT2D eigenvalue weighted by atomic mass is 10.1. The van der Waals surface area contributed by atoms with Gasteiger partial charge in [-0.05, 0) is 56.9 Å². The third-order valence-corrected chi connectivity index (χ3v) is 4.47. The number of rotatable bonds is 8. The molecule has 1 amide bonds. The van der Waals surface area contributed by atoms with E-state index in [-0.39, 0.29) is 6.61 Å². The molecule has 1 aromatic heterocycles. The Kier molecular flexibility index (Phi) is 7.72. The van der Waals surface area contributed by atoms with E-state index in [0.29, 0.717) is 24.7 Å². The van der Waals surface area contributed by atoms with Crippen LogP contribution in [0.5, 0.6) is 0 Å². The summed E-state index contributed by atoms with van der Waals surface area (Å²) < 4.78 is 5.30. The minimum absolute atomic E-state index is 0.159. The molecule has 3 rings (SSSR count). The molecule has 0 unspecified atom stereocenters. The van der Waals surface area contributed by atoms with Gasteiger partial charge < -0.3 is 20.5 Å².